The van der Waals surface area contributed by atoms with Gasteiger partial charge in [0.25, 0.3) is 0 Å². The maximum atomic E-state index is 12.7. The van der Waals surface area contributed by atoms with Gasteiger partial charge in [-0.1, -0.05) is 190 Å². The molecule has 0 radical (unpaired) electrons. The zero-order valence-corrected chi connectivity index (χ0v) is 39.2. The highest BCUT2D eigenvalue weighted by Crippen LogP contribution is 2.12. The monoisotopic (exact) mass is 837 g/mol. The minimum absolute atomic E-state index is 0.118. The summed E-state index contributed by atoms with van der Waals surface area (Å²) in [5, 5.41) is 0. The van der Waals surface area contributed by atoms with E-state index in [-0.39, 0.29) is 38.0 Å². The Bertz CT molecular complexity index is 1140. The molecule has 1 unspecified atom stereocenters. The predicted molar refractivity (Wildman–Crippen MR) is 256 cm³/mol. The number of hydrogen-bond acceptors (Lipinski definition) is 6. The lowest BCUT2D eigenvalue weighted by atomic mass is 10.1. The third-order valence-corrected chi connectivity index (χ3v) is 10.4. The fourth-order valence-electron chi connectivity index (χ4n) is 6.62. The Morgan fingerprint density at radius 1 is 0.333 bits per heavy atom. The van der Waals surface area contributed by atoms with Gasteiger partial charge in [0.2, 0.25) is 0 Å². The van der Waals surface area contributed by atoms with Crippen molar-refractivity contribution in [2.45, 2.75) is 239 Å². The van der Waals surface area contributed by atoms with Crippen molar-refractivity contribution < 1.29 is 28.6 Å². The van der Waals surface area contributed by atoms with Gasteiger partial charge in [0.1, 0.15) is 13.2 Å². The molecule has 0 saturated carbocycles. The summed E-state index contributed by atoms with van der Waals surface area (Å²) in [7, 11) is 0. The van der Waals surface area contributed by atoms with Gasteiger partial charge >= 0.3 is 17.9 Å². The molecule has 0 saturated heterocycles. The molecular weight excluding hydrogens is 745 g/mol. The lowest BCUT2D eigenvalue weighted by Crippen LogP contribution is -2.30. The minimum Gasteiger partial charge on any atom is -0.462 e. The Kier molecular flexibility index (Phi) is 46.0. The van der Waals surface area contributed by atoms with Crippen LogP contribution in [0.1, 0.15) is 233 Å². The summed E-state index contributed by atoms with van der Waals surface area (Å²) in [6.45, 7) is 6.49. The van der Waals surface area contributed by atoms with E-state index >= 15 is 0 Å². The molecule has 1 atom stereocenters. The van der Waals surface area contributed by atoms with Crippen LogP contribution in [-0.2, 0) is 28.6 Å². The summed E-state index contributed by atoms with van der Waals surface area (Å²) in [5.41, 5.74) is 0. The van der Waals surface area contributed by atoms with Gasteiger partial charge in [-0.15, -0.1) is 0 Å². The Morgan fingerprint density at radius 2 is 0.650 bits per heavy atom. The van der Waals surface area contributed by atoms with E-state index < -0.39 is 12.1 Å². The normalized spacial score (nSPS) is 12.7. The molecule has 0 aliphatic carbocycles. The SMILES string of the molecule is CCCCC/C=C\CCCCCCCC(=O)OCC(COC(=O)CCC/C=C\C/C=C\C/C=C\CCCCCCCC)OC(=O)CC/C=C\C/C=C\CCCCCCCC. The van der Waals surface area contributed by atoms with E-state index in [2.05, 4.69) is 87.6 Å². The van der Waals surface area contributed by atoms with Gasteiger partial charge in [-0.2, -0.15) is 0 Å². The molecule has 0 spiro atoms. The first-order valence-corrected chi connectivity index (χ1v) is 24.9. The lowest BCUT2D eigenvalue weighted by molar-refractivity contribution is -0.166. The third-order valence-electron chi connectivity index (χ3n) is 10.4. The van der Waals surface area contributed by atoms with Crippen LogP contribution in [-0.4, -0.2) is 37.2 Å². The second-order valence-electron chi connectivity index (χ2n) is 16.4. The Labute approximate surface area is 370 Å². The summed E-state index contributed by atoms with van der Waals surface area (Å²) in [5.74, 6) is -1.05. The fraction of sp³-hybridized carbons (Fsp3) is 0.722. The first kappa shape index (κ1) is 56.9. The first-order valence-electron chi connectivity index (χ1n) is 24.9. The molecule has 0 heterocycles. The van der Waals surface area contributed by atoms with Crippen LogP contribution in [0.15, 0.2) is 72.9 Å². The number of rotatable bonds is 44. The number of esters is 3. The maximum Gasteiger partial charge on any atom is 0.306 e. The van der Waals surface area contributed by atoms with Crippen molar-refractivity contribution in [1.82, 2.24) is 0 Å². The first-order chi connectivity index (χ1) is 29.5. The zero-order valence-electron chi connectivity index (χ0n) is 39.2. The molecule has 6 heteroatoms. The number of allylic oxidation sites excluding steroid dienone is 12. The third kappa shape index (κ3) is 45.9. The van der Waals surface area contributed by atoms with Crippen LogP contribution in [0.3, 0.4) is 0 Å². The van der Waals surface area contributed by atoms with E-state index in [1.54, 1.807) is 0 Å². The number of hydrogen-bond donors (Lipinski definition) is 0. The van der Waals surface area contributed by atoms with Gasteiger partial charge in [0.05, 0.1) is 0 Å². The minimum atomic E-state index is -0.827. The number of carbonyl (C=O) groups is 3. The van der Waals surface area contributed by atoms with Crippen LogP contribution in [0, 0.1) is 0 Å². The molecular formula is C54H92O6. The van der Waals surface area contributed by atoms with Crippen molar-refractivity contribution in [2.75, 3.05) is 13.2 Å². The van der Waals surface area contributed by atoms with Crippen LogP contribution < -0.4 is 0 Å². The van der Waals surface area contributed by atoms with Gasteiger partial charge in [-0.05, 0) is 96.3 Å². The molecule has 0 bridgehead atoms. The van der Waals surface area contributed by atoms with Crippen molar-refractivity contribution >= 4 is 17.9 Å². The number of ether oxygens (including phenoxy) is 3. The van der Waals surface area contributed by atoms with Crippen LogP contribution in [0.2, 0.25) is 0 Å². The summed E-state index contributed by atoms with van der Waals surface area (Å²) >= 11 is 0. The summed E-state index contributed by atoms with van der Waals surface area (Å²) < 4.78 is 16.6. The van der Waals surface area contributed by atoms with E-state index in [4.69, 9.17) is 14.2 Å². The second-order valence-corrected chi connectivity index (χ2v) is 16.4. The molecule has 0 aromatic carbocycles. The Balaban J connectivity index is 4.53. The van der Waals surface area contributed by atoms with E-state index in [0.717, 1.165) is 64.2 Å². The van der Waals surface area contributed by atoms with Gasteiger partial charge in [0.15, 0.2) is 6.10 Å². The molecule has 0 amide bonds. The second kappa shape index (κ2) is 48.5. The summed E-state index contributed by atoms with van der Waals surface area (Å²) in [4.78, 5) is 37.8. The van der Waals surface area contributed by atoms with Gasteiger partial charge < -0.3 is 14.2 Å². The van der Waals surface area contributed by atoms with Gasteiger partial charge in [0, 0.05) is 19.3 Å². The average molecular weight is 837 g/mol. The van der Waals surface area contributed by atoms with Crippen molar-refractivity contribution in [2.24, 2.45) is 0 Å². The Morgan fingerprint density at radius 3 is 1.12 bits per heavy atom. The van der Waals surface area contributed by atoms with E-state index in [1.807, 2.05) is 6.08 Å². The smallest absolute Gasteiger partial charge is 0.306 e. The highest BCUT2D eigenvalue weighted by atomic mass is 16.6. The fourth-order valence-corrected chi connectivity index (χ4v) is 6.62. The maximum absolute atomic E-state index is 12.7. The predicted octanol–water partition coefficient (Wildman–Crippen LogP) is 16.3. The summed E-state index contributed by atoms with van der Waals surface area (Å²) in [6.07, 6.45) is 60.5. The van der Waals surface area contributed by atoms with E-state index in [0.29, 0.717) is 19.3 Å². The number of carbonyl (C=O) groups excluding carboxylic acids is 3. The molecule has 344 valence electrons. The van der Waals surface area contributed by atoms with Crippen molar-refractivity contribution in [3.8, 4) is 0 Å². The lowest BCUT2D eigenvalue weighted by Gasteiger charge is -2.18. The topological polar surface area (TPSA) is 78.9 Å². The van der Waals surface area contributed by atoms with E-state index in [9.17, 15) is 14.4 Å². The molecule has 0 aromatic rings. The van der Waals surface area contributed by atoms with Crippen LogP contribution >= 0.6 is 0 Å². The average Bonchev–Trinajstić information content (AvgIpc) is 3.24. The molecule has 0 fully saturated rings. The quantitative estimate of drug-likeness (QED) is 0.0263. The van der Waals surface area contributed by atoms with Gasteiger partial charge in [-0.25, -0.2) is 0 Å². The molecule has 0 rings (SSSR count). The summed E-state index contributed by atoms with van der Waals surface area (Å²) in [6, 6.07) is 0. The molecule has 0 aromatic heterocycles. The van der Waals surface area contributed by atoms with Crippen LogP contribution in [0.4, 0.5) is 0 Å². The zero-order chi connectivity index (χ0) is 43.7. The molecule has 0 aliphatic heterocycles. The highest BCUT2D eigenvalue weighted by Gasteiger charge is 2.19. The largest absolute Gasteiger partial charge is 0.462 e. The number of unbranched alkanes of at least 4 members (excludes halogenated alkanes) is 21. The molecule has 60 heavy (non-hydrogen) atoms. The van der Waals surface area contributed by atoms with E-state index in [1.165, 1.54) is 116 Å². The molecule has 0 N–H and O–H groups in total. The molecule has 0 aliphatic rings. The van der Waals surface area contributed by atoms with Gasteiger partial charge in [-0.3, -0.25) is 14.4 Å². The van der Waals surface area contributed by atoms with Crippen molar-refractivity contribution in [3.05, 3.63) is 72.9 Å². The van der Waals surface area contributed by atoms with Crippen LogP contribution in [0.5, 0.6) is 0 Å². The standard InChI is InChI=1S/C54H92O6/c1-4-7-10-13-16-19-22-25-26-27-28-30-32-35-38-41-44-47-53(56)59-50-51(49-58-52(55)46-43-40-37-34-31-24-21-18-15-12-9-6-3)60-54(57)48-45-42-39-36-33-29-23-20-17-14-11-8-5-2/h18,21,25-26,28-30,33,35,38-39,42,51H,4-17,19-20,22-24,27,31-32,34,36-37,40-41,43-50H2,1-3H3/b21-18-,26-25-,30-28-,33-29-,38-35-,42-39-. The highest BCUT2D eigenvalue weighted by molar-refractivity contribution is 5.71. The van der Waals surface area contributed by atoms with Crippen molar-refractivity contribution in [3.63, 3.8) is 0 Å². The van der Waals surface area contributed by atoms with Crippen molar-refractivity contribution in [1.29, 1.82) is 0 Å². The Hall–Kier alpha value is -3.15. The molecule has 6 nitrogen and oxygen atoms in total. The van der Waals surface area contributed by atoms with Crippen LogP contribution in [0.25, 0.3) is 0 Å².